The van der Waals surface area contributed by atoms with Crippen LogP contribution < -0.4 is 5.32 Å². The fourth-order valence-corrected chi connectivity index (χ4v) is 1.24. The topological polar surface area (TPSA) is 35.8 Å². The molecule has 4 heteroatoms. The standard InChI is InChI=1S/C11H10Cl2N2/c1-8-2-3-9(6-14)4-11(8)15-7-10(13)5-12/h2-5,15H,7H2,1H3. The van der Waals surface area contributed by atoms with Crippen molar-refractivity contribution in [3.05, 3.63) is 39.9 Å². The number of aryl methyl sites for hydroxylation is 1. The van der Waals surface area contributed by atoms with Gasteiger partial charge in [0.2, 0.25) is 0 Å². The lowest BCUT2D eigenvalue weighted by atomic mass is 10.1. The average Bonchev–Trinajstić information content (AvgIpc) is 2.27. The number of nitrogens with zero attached hydrogens (tertiary/aromatic N) is 1. The van der Waals surface area contributed by atoms with Gasteiger partial charge >= 0.3 is 0 Å². The molecule has 1 rings (SSSR count). The van der Waals surface area contributed by atoms with Crippen LogP contribution in [0.1, 0.15) is 11.1 Å². The van der Waals surface area contributed by atoms with Crippen LogP contribution >= 0.6 is 23.2 Å². The van der Waals surface area contributed by atoms with E-state index in [9.17, 15) is 0 Å². The summed E-state index contributed by atoms with van der Waals surface area (Å²) in [4.78, 5) is 0. The lowest BCUT2D eigenvalue weighted by Crippen LogP contribution is -2.03. The number of benzene rings is 1. The number of anilines is 1. The Hall–Kier alpha value is -1.17. The number of nitrogens with one attached hydrogen (secondary N) is 1. The van der Waals surface area contributed by atoms with Gasteiger partial charge in [0.25, 0.3) is 0 Å². The molecule has 0 atom stereocenters. The molecule has 78 valence electrons. The van der Waals surface area contributed by atoms with E-state index in [1.165, 1.54) is 5.54 Å². The van der Waals surface area contributed by atoms with Crippen LogP contribution in [0.3, 0.4) is 0 Å². The summed E-state index contributed by atoms with van der Waals surface area (Å²) in [5, 5.41) is 12.4. The van der Waals surface area contributed by atoms with Gasteiger partial charge in [0.05, 0.1) is 18.2 Å². The van der Waals surface area contributed by atoms with Gasteiger partial charge in [-0.3, -0.25) is 0 Å². The molecule has 1 aromatic rings. The maximum absolute atomic E-state index is 8.74. The number of hydrogen-bond donors (Lipinski definition) is 1. The quantitative estimate of drug-likeness (QED) is 0.877. The first-order chi connectivity index (χ1) is 7.17. The molecule has 1 N–H and O–H groups in total. The largest absolute Gasteiger partial charge is 0.380 e. The van der Waals surface area contributed by atoms with Crippen molar-refractivity contribution in [2.75, 3.05) is 11.9 Å². The molecule has 0 saturated carbocycles. The molecule has 1 aromatic carbocycles. The molecule has 2 nitrogen and oxygen atoms in total. The van der Waals surface area contributed by atoms with Gasteiger partial charge in [0.1, 0.15) is 0 Å². The second-order valence-corrected chi connectivity index (χ2v) is 3.75. The van der Waals surface area contributed by atoms with E-state index >= 15 is 0 Å². The van der Waals surface area contributed by atoms with Gasteiger partial charge in [0.15, 0.2) is 0 Å². The second-order valence-electron chi connectivity index (χ2n) is 3.05. The summed E-state index contributed by atoms with van der Waals surface area (Å²) in [7, 11) is 0. The van der Waals surface area contributed by atoms with Gasteiger partial charge in [-0.25, -0.2) is 0 Å². The molecule has 0 heterocycles. The minimum Gasteiger partial charge on any atom is -0.380 e. The summed E-state index contributed by atoms with van der Waals surface area (Å²) in [5.41, 5.74) is 3.89. The first-order valence-corrected chi connectivity index (χ1v) is 5.18. The van der Waals surface area contributed by atoms with Crippen LogP contribution in [-0.4, -0.2) is 6.54 Å². The van der Waals surface area contributed by atoms with E-state index in [0.717, 1.165) is 11.3 Å². The summed E-state index contributed by atoms with van der Waals surface area (Å²) in [5.74, 6) is 0. The summed E-state index contributed by atoms with van der Waals surface area (Å²) < 4.78 is 0. The molecule has 0 unspecified atom stereocenters. The highest BCUT2D eigenvalue weighted by Crippen LogP contribution is 2.17. The van der Waals surface area contributed by atoms with Crippen molar-refractivity contribution in [2.24, 2.45) is 0 Å². The zero-order chi connectivity index (χ0) is 11.3. The summed E-state index contributed by atoms with van der Waals surface area (Å²) in [6.45, 7) is 2.42. The van der Waals surface area contributed by atoms with Crippen molar-refractivity contribution >= 4 is 28.9 Å². The maximum Gasteiger partial charge on any atom is 0.0992 e. The monoisotopic (exact) mass is 240 g/mol. The van der Waals surface area contributed by atoms with Crippen LogP contribution in [-0.2, 0) is 0 Å². The lowest BCUT2D eigenvalue weighted by molar-refractivity contribution is 1.28. The van der Waals surface area contributed by atoms with E-state index in [2.05, 4.69) is 11.4 Å². The Kier molecular flexibility index (Phi) is 4.48. The first kappa shape index (κ1) is 11.9. The average molecular weight is 241 g/mol. The van der Waals surface area contributed by atoms with Crippen molar-refractivity contribution in [3.63, 3.8) is 0 Å². The number of nitriles is 1. The molecule has 0 aliphatic heterocycles. The molecule has 0 saturated heterocycles. The van der Waals surface area contributed by atoms with Crippen molar-refractivity contribution < 1.29 is 0 Å². The van der Waals surface area contributed by atoms with Gasteiger partial charge in [-0.05, 0) is 24.6 Å². The van der Waals surface area contributed by atoms with Gasteiger partial charge in [-0.2, -0.15) is 5.26 Å². The maximum atomic E-state index is 8.74. The van der Waals surface area contributed by atoms with E-state index in [1.54, 1.807) is 12.1 Å². The van der Waals surface area contributed by atoms with E-state index in [-0.39, 0.29) is 0 Å². The summed E-state index contributed by atoms with van der Waals surface area (Å²) >= 11 is 11.2. The predicted octanol–water partition coefficient (Wildman–Crippen LogP) is 3.60. The van der Waals surface area contributed by atoms with Crippen LogP contribution in [0.25, 0.3) is 0 Å². The number of rotatable bonds is 3. The third-order valence-corrected chi connectivity index (χ3v) is 2.55. The van der Waals surface area contributed by atoms with E-state index in [4.69, 9.17) is 28.5 Å². The molecule has 0 fully saturated rings. The van der Waals surface area contributed by atoms with Gasteiger partial charge in [-0.1, -0.05) is 29.3 Å². The Morgan fingerprint density at radius 1 is 1.60 bits per heavy atom. The third-order valence-electron chi connectivity index (χ3n) is 1.93. The summed E-state index contributed by atoms with van der Waals surface area (Å²) in [6, 6.07) is 7.53. The minimum atomic E-state index is 0.459. The Morgan fingerprint density at radius 2 is 2.33 bits per heavy atom. The van der Waals surface area contributed by atoms with Crippen LogP contribution in [0.2, 0.25) is 0 Å². The van der Waals surface area contributed by atoms with Crippen LogP contribution in [0.4, 0.5) is 5.69 Å². The highest BCUT2D eigenvalue weighted by atomic mass is 35.5. The van der Waals surface area contributed by atoms with Crippen LogP contribution in [0.5, 0.6) is 0 Å². The fourth-order valence-electron chi connectivity index (χ4n) is 1.10. The summed E-state index contributed by atoms with van der Waals surface area (Å²) in [6.07, 6.45) is 0. The molecule has 0 aliphatic rings. The molecule has 0 spiro atoms. The van der Waals surface area contributed by atoms with Crippen molar-refractivity contribution in [1.29, 1.82) is 5.26 Å². The lowest BCUT2D eigenvalue weighted by Gasteiger charge is -2.08. The molecular formula is C11H10Cl2N2. The Labute approximate surface area is 99.1 Å². The minimum absolute atomic E-state index is 0.459. The smallest absolute Gasteiger partial charge is 0.0992 e. The Morgan fingerprint density at radius 3 is 2.93 bits per heavy atom. The normalized spacial score (nSPS) is 10.9. The molecule has 15 heavy (non-hydrogen) atoms. The van der Waals surface area contributed by atoms with Crippen LogP contribution in [0.15, 0.2) is 28.8 Å². The van der Waals surface area contributed by atoms with Crippen molar-refractivity contribution in [1.82, 2.24) is 0 Å². The van der Waals surface area contributed by atoms with Crippen molar-refractivity contribution in [3.8, 4) is 6.07 Å². The molecule has 0 bridgehead atoms. The van der Waals surface area contributed by atoms with Gasteiger partial charge < -0.3 is 5.32 Å². The van der Waals surface area contributed by atoms with E-state index in [1.807, 2.05) is 13.0 Å². The van der Waals surface area contributed by atoms with Gasteiger partial charge in [0, 0.05) is 16.3 Å². The number of halogens is 2. The SMILES string of the molecule is Cc1ccc(C#N)cc1NCC(Cl)=CCl. The molecule has 0 aliphatic carbocycles. The highest BCUT2D eigenvalue weighted by Gasteiger charge is 2.00. The fraction of sp³-hybridized carbons (Fsp3) is 0.182. The molecule has 0 amide bonds. The van der Waals surface area contributed by atoms with Crippen LogP contribution in [0, 0.1) is 18.3 Å². The first-order valence-electron chi connectivity index (χ1n) is 4.36. The van der Waals surface area contributed by atoms with E-state index in [0.29, 0.717) is 17.1 Å². The Bertz CT molecular complexity index is 419. The Balaban J connectivity index is 2.81. The highest BCUT2D eigenvalue weighted by molar-refractivity contribution is 6.36. The van der Waals surface area contributed by atoms with E-state index < -0.39 is 0 Å². The zero-order valence-corrected chi connectivity index (χ0v) is 9.73. The zero-order valence-electron chi connectivity index (χ0n) is 8.22. The molecule has 0 aromatic heterocycles. The second kappa shape index (κ2) is 5.65. The molecular weight excluding hydrogens is 231 g/mol. The number of hydrogen-bond acceptors (Lipinski definition) is 2. The predicted molar refractivity (Wildman–Crippen MR) is 64.2 cm³/mol. The third kappa shape index (κ3) is 3.47. The van der Waals surface area contributed by atoms with Gasteiger partial charge in [-0.15, -0.1) is 0 Å². The molecule has 0 radical (unpaired) electrons. The van der Waals surface area contributed by atoms with Crippen molar-refractivity contribution in [2.45, 2.75) is 6.92 Å².